The topological polar surface area (TPSA) is 64.7 Å². The maximum absolute atomic E-state index is 12.8. The van der Waals surface area contributed by atoms with Crippen molar-refractivity contribution in [2.45, 2.75) is 24.1 Å². The van der Waals surface area contributed by atoms with Crippen molar-refractivity contribution in [3.8, 4) is 0 Å². The molecule has 148 valence electrons. The minimum Gasteiger partial charge on any atom is -0.368 e. The summed E-state index contributed by atoms with van der Waals surface area (Å²) in [6.45, 7) is 2.53. The second-order valence-corrected chi connectivity index (χ2v) is 7.52. The van der Waals surface area contributed by atoms with E-state index >= 15 is 0 Å². The number of halogens is 3. The summed E-state index contributed by atoms with van der Waals surface area (Å²) in [5.41, 5.74) is 0.179. The average molecular weight is 402 g/mol. The van der Waals surface area contributed by atoms with E-state index in [-0.39, 0.29) is 11.7 Å². The van der Waals surface area contributed by atoms with Crippen molar-refractivity contribution in [3.63, 3.8) is 0 Å². The zero-order valence-corrected chi connectivity index (χ0v) is 15.4. The molecule has 0 radical (unpaired) electrons. The third-order valence-electron chi connectivity index (χ3n) is 4.56. The minimum absolute atomic E-state index is 0.00780. The van der Waals surface area contributed by atoms with Crippen LogP contribution in [0.3, 0.4) is 0 Å². The molecule has 10 heteroatoms. The smallest absolute Gasteiger partial charge is 0.368 e. The summed E-state index contributed by atoms with van der Waals surface area (Å²) >= 11 is 0.972. The molecule has 0 aromatic heterocycles. The summed E-state index contributed by atoms with van der Waals surface area (Å²) in [6.07, 6.45) is -5.13. The van der Waals surface area contributed by atoms with Gasteiger partial charge in [0.2, 0.25) is 11.8 Å². The van der Waals surface area contributed by atoms with Gasteiger partial charge in [-0.05, 0) is 12.1 Å². The molecule has 2 fully saturated rings. The number of hydrogen-bond donors (Lipinski definition) is 2. The standard InChI is InChI=1S/C17H21F3N4O2S/c18-17(19,20)13-10-14(25)22-16(21-13)27-11-15(26)24-8-6-23(7-9-24)12-4-2-1-3-5-12/h1-5,13,16,21H,6-11H2,(H,22,25). The molecule has 0 spiro atoms. The van der Waals surface area contributed by atoms with Gasteiger partial charge in [-0.1, -0.05) is 18.2 Å². The number of hydrogen-bond acceptors (Lipinski definition) is 5. The van der Waals surface area contributed by atoms with Crippen LogP contribution in [0.2, 0.25) is 0 Å². The number of alkyl halides is 3. The van der Waals surface area contributed by atoms with Crippen LogP contribution in [-0.2, 0) is 9.59 Å². The third kappa shape index (κ3) is 5.29. The lowest BCUT2D eigenvalue weighted by Crippen LogP contribution is -2.59. The van der Waals surface area contributed by atoms with Gasteiger partial charge in [0.05, 0.1) is 12.2 Å². The highest BCUT2D eigenvalue weighted by atomic mass is 32.2. The molecular formula is C17H21F3N4O2S. The molecule has 0 bridgehead atoms. The Hall–Kier alpha value is -1.94. The van der Waals surface area contributed by atoms with Crippen molar-refractivity contribution in [1.29, 1.82) is 0 Å². The first kappa shape index (κ1) is 19.8. The first-order valence-electron chi connectivity index (χ1n) is 8.64. The molecule has 27 heavy (non-hydrogen) atoms. The SMILES string of the molecule is O=C1CC(C(F)(F)F)NC(SCC(=O)N2CCN(c3ccccc3)CC2)N1. The predicted molar refractivity (Wildman–Crippen MR) is 97.2 cm³/mol. The fraction of sp³-hybridized carbons (Fsp3) is 0.529. The van der Waals surface area contributed by atoms with Crippen LogP contribution in [-0.4, -0.2) is 66.4 Å². The molecule has 2 aliphatic heterocycles. The van der Waals surface area contributed by atoms with Crippen molar-refractivity contribution in [2.75, 3.05) is 36.8 Å². The highest BCUT2D eigenvalue weighted by molar-refractivity contribution is 8.00. The van der Waals surface area contributed by atoms with E-state index in [4.69, 9.17) is 0 Å². The van der Waals surface area contributed by atoms with Crippen LogP contribution in [0.25, 0.3) is 0 Å². The van der Waals surface area contributed by atoms with Crippen molar-refractivity contribution in [1.82, 2.24) is 15.5 Å². The molecule has 0 aliphatic carbocycles. The number of nitrogens with zero attached hydrogens (tertiary/aromatic N) is 2. The van der Waals surface area contributed by atoms with Crippen molar-refractivity contribution >= 4 is 29.3 Å². The molecule has 2 atom stereocenters. The second-order valence-electron chi connectivity index (χ2n) is 6.43. The maximum atomic E-state index is 12.8. The van der Waals surface area contributed by atoms with Gasteiger partial charge in [-0.15, -0.1) is 11.8 Å². The summed E-state index contributed by atoms with van der Waals surface area (Å²) in [6, 6.07) is 8.02. The monoisotopic (exact) mass is 402 g/mol. The van der Waals surface area contributed by atoms with E-state index in [1.165, 1.54) is 0 Å². The second kappa shape index (κ2) is 8.39. The van der Waals surface area contributed by atoms with Crippen LogP contribution in [0.15, 0.2) is 30.3 Å². The van der Waals surface area contributed by atoms with Crippen LogP contribution in [0, 0.1) is 0 Å². The van der Waals surface area contributed by atoms with Crippen LogP contribution in [0.1, 0.15) is 6.42 Å². The van der Waals surface area contributed by atoms with Gasteiger partial charge in [0, 0.05) is 31.9 Å². The fourth-order valence-electron chi connectivity index (χ4n) is 3.07. The number of rotatable bonds is 4. The minimum atomic E-state index is -4.49. The number of anilines is 1. The Kier molecular flexibility index (Phi) is 6.15. The molecule has 1 aromatic carbocycles. The molecule has 1 aromatic rings. The molecule has 2 aliphatic rings. The van der Waals surface area contributed by atoms with Gasteiger partial charge in [0.1, 0.15) is 11.5 Å². The number of carbonyl (C=O) groups is 2. The van der Waals surface area contributed by atoms with Gasteiger partial charge >= 0.3 is 6.18 Å². The number of carbonyl (C=O) groups excluding carboxylic acids is 2. The Morgan fingerprint density at radius 3 is 2.44 bits per heavy atom. The first-order valence-corrected chi connectivity index (χ1v) is 9.69. The zero-order chi connectivity index (χ0) is 19.4. The summed E-state index contributed by atoms with van der Waals surface area (Å²) in [5.74, 6) is -0.802. The van der Waals surface area contributed by atoms with Crippen LogP contribution in [0.5, 0.6) is 0 Å². The Morgan fingerprint density at radius 2 is 1.81 bits per heavy atom. The van der Waals surface area contributed by atoms with E-state index in [0.717, 1.165) is 17.4 Å². The average Bonchev–Trinajstić information content (AvgIpc) is 2.66. The van der Waals surface area contributed by atoms with E-state index in [2.05, 4.69) is 15.5 Å². The van der Waals surface area contributed by atoms with Gasteiger partial charge in [0.25, 0.3) is 0 Å². The molecular weight excluding hydrogens is 381 g/mol. The van der Waals surface area contributed by atoms with E-state index < -0.39 is 30.0 Å². The molecule has 2 saturated heterocycles. The van der Waals surface area contributed by atoms with Crippen molar-refractivity contribution in [3.05, 3.63) is 30.3 Å². The highest BCUT2D eigenvalue weighted by Gasteiger charge is 2.44. The van der Waals surface area contributed by atoms with Crippen LogP contribution < -0.4 is 15.5 Å². The van der Waals surface area contributed by atoms with E-state index in [1.54, 1.807) is 4.90 Å². The number of amides is 2. The molecule has 2 unspecified atom stereocenters. The lowest BCUT2D eigenvalue weighted by Gasteiger charge is -2.36. The molecule has 2 amide bonds. The van der Waals surface area contributed by atoms with E-state index in [0.29, 0.717) is 26.2 Å². The zero-order valence-electron chi connectivity index (χ0n) is 14.5. The predicted octanol–water partition coefficient (Wildman–Crippen LogP) is 1.39. The number of piperazine rings is 1. The third-order valence-corrected chi connectivity index (χ3v) is 5.56. The summed E-state index contributed by atoms with van der Waals surface area (Å²) in [5, 5.41) is 4.78. The van der Waals surface area contributed by atoms with Gasteiger partial charge in [-0.2, -0.15) is 13.2 Å². The van der Waals surface area contributed by atoms with Gasteiger partial charge in [-0.25, -0.2) is 0 Å². The Balaban J connectivity index is 1.45. The maximum Gasteiger partial charge on any atom is 0.404 e. The number of benzene rings is 1. The van der Waals surface area contributed by atoms with E-state index in [1.807, 2.05) is 30.3 Å². The molecule has 0 saturated carbocycles. The first-order chi connectivity index (χ1) is 12.8. The lowest BCUT2D eigenvalue weighted by molar-refractivity contribution is -0.167. The molecule has 3 rings (SSSR count). The summed E-state index contributed by atoms with van der Waals surface area (Å²) in [7, 11) is 0. The fourth-order valence-corrected chi connectivity index (χ4v) is 4.04. The summed E-state index contributed by atoms with van der Waals surface area (Å²) in [4.78, 5) is 27.7. The molecule has 2 N–H and O–H groups in total. The number of thioether (sulfide) groups is 1. The normalized spacial score (nSPS) is 23.9. The number of nitrogens with one attached hydrogen (secondary N) is 2. The van der Waals surface area contributed by atoms with Crippen molar-refractivity contribution < 1.29 is 22.8 Å². The Labute approximate surface area is 159 Å². The molecule has 6 nitrogen and oxygen atoms in total. The quantitative estimate of drug-likeness (QED) is 0.797. The number of para-hydroxylation sites is 1. The Bertz CT molecular complexity index is 666. The van der Waals surface area contributed by atoms with Gasteiger partial charge < -0.3 is 15.1 Å². The van der Waals surface area contributed by atoms with E-state index in [9.17, 15) is 22.8 Å². The van der Waals surface area contributed by atoms with Gasteiger partial charge in [0.15, 0.2) is 0 Å². The van der Waals surface area contributed by atoms with Gasteiger partial charge in [-0.3, -0.25) is 14.9 Å². The van der Waals surface area contributed by atoms with Crippen molar-refractivity contribution in [2.24, 2.45) is 0 Å². The largest absolute Gasteiger partial charge is 0.404 e. The van der Waals surface area contributed by atoms with Crippen LogP contribution in [0.4, 0.5) is 18.9 Å². The van der Waals surface area contributed by atoms with Crippen LogP contribution >= 0.6 is 11.8 Å². The lowest BCUT2D eigenvalue weighted by atomic mass is 10.1. The summed E-state index contributed by atoms with van der Waals surface area (Å²) < 4.78 is 38.5. The Morgan fingerprint density at radius 1 is 1.15 bits per heavy atom. The highest BCUT2D eigenvalue weighted by Crippen LogP contribution is 2.26. The molecule has 2 heterocycles.